The summed E-state index contributed by atoms with van der Waals surface area (Å²) in [6.07, 6.45) is 6.14. The van der Waals surface area contributed by atoms with Crippen LogP contribution in [0.3, 0.4) is 0 Å². The second-order valence-electron chi connectivity index (χ2n) is 6.38. The molecule has 2 aliphatic rings. The van der Waals surface area contributed by atoms with Crippen molar-refractivity contribution in [1.29, 1.82) is 0 Å². The van der Waals surface area contributed by atoms with Crippen LogP contribution in [0.15, 0.2) is 0 Å². The minimum absolute atomic E-state index is 0.398. The summed E-state index contributed by atoms with van der Waals surface area (Å²) in [5.41, 5.74) is 6.28. The molecule has 1 saturated heterocycles. The lowest BCUT2D eigenvalue weighted by Gasteiger charge is -2.29. The van der Waals surface area contributed by atoms with E-state index in [9.17, 15) is 0 Å². The molecule has 2 fully saturated rings. The Morgan fingerprint density at radius 1 is 1.30 bits per heavy atom. The number of nitrogens with two attached hydrogens (primary N) is 1. The average molecular weight is 278 g/mol. The van der Waals surface area contributed by atoms with E-state index in [0.29, 0.717) is 12.0 Å². The standard InChI is InChI=1S/C14H26N6/c1-2-3-7-20-14(16-17-18-20)10-19-8-11-5-4-6-13(15)12(11)9-19/h11-13H,2-10,15H2,1H3. The predicted octanol–water partition coefficient (Wildman–Crippen LogP) is 1.03. The fourth-order valence-corrected chi connectivity index (χ4v) is 3.76. The number of likely N-dealkylation sites (tertiary alicyclic amines) is 1. The number of hydrogen-bond donors (Lipinski definition) is 1. The summed E-state index contributed by atoms with van der Waals surface area (Å²) >= 11 is 0. The van der Waals surface area contributed by atoms with Gasteiger partial charge in [-0.25, -0.2) is 4.68 Å². The monoisotopic (exact) mass is 278 g/mol. The highest BCUT2D eigenvalue weighted by molar-refractivity contribution is 4.95. The molecule has 3 unspecified atom stereocenters. The number of nitrogens with zero attached hydrogens (tertiary/aromatic N) is 5. The molecule has 1 aromatic heterocycles. The first-order valence-electron chi connectivity index (χ1n) is 8.01. The van der Waals surface area contributed by atoms with Gasteiger partial charge in [0, 0.05) is 25.7 Å². The van der Waals surface area contributed by atoms with Crippen LogP contribution in [0.4, 0.5) is 0 Å². The number of fused-ring (bicyclic) bond motifs is 1. The van der Waals surface area contributed by atoms with Gasteiger partial charge in [0.25, 0.3) is 0 Å². The van der Waals surface area contributed by atoms with Crippen LogP contribution in [0.5, 0.6) is 0 Å². The van der Waals surface area contributed by atoms with E-state index >= 15 is 0 Å². The molecular weight excluding hydrogens is 252 g/mol. The molecule has 6 nitrogen and oxygen atoms in total. The highest BCUT2D eigenvalue weighted by Crippen LogP contribution is 2.35. The maximum atomic E-state index is 6.28. The molecule has 0 amide bonds. The molecule has 6 heteroatoms. The molecule has 2 heterocycles. The number of rotatable bonds is 5. The van der Waals surface area contributed by atoms with Gasteiger partial charge < -0.3 is 5.73 Å². The minimum atomic E-state index is 0.398. The van der Waals surface area contributed by atoms with Crippen LogP contribution < -0.4 is 5.73 Å². The summed E-state index contributed by atoms with van der Waals surface area (Å²) in [4.78, 5) is 2.49. The lowest BCUT2D eigenvalue weighted by Crippen LogP contribution is -2.38. The first kappa shape index (κ1) is 13.9. The van der Waals surface area contributed by atoms with Crippen molar-refractivity contribution in [3.8, 4) is 0 Å². The average Bonchev–Trinajstić information content (AvgIpc) is 3.04. The molecule has 1 aromatic rings. The van der Waals surface area contributed by atoms with Crippen LogP contribution in [0.2, 0.25) is 0 Å². The van der Waals surface area contributed by atoms with Crippen molar-refractivity contribution in [3.05, 3.63) is 5.82 Å². The van der Waals surface area contributed by atoms with Crippen molar-refractivity contribution in [2.24, 2.45) is 17.6 Å². The largest absolute Gasteiger partial charge is 0.327 e. The van der Waals surface area contributed by atoms with E-state index < -0.39 is 0 Å². The summed E-state index contributed by atoms with van der Waals surface area (Å²) < 4.78 is 1.96. The molecule has 0 radical (unpaired) electrons. The number of hydrogen-bond acceptors (Lipinski definition) is 5. The molecule has 0 bridgehead atoms. The zero-order valence-electron chi connectivity index (χ0n) is 12.4. The van der Waals surface area contributed by atoms with Gasteiger partial charge in [0.1, 0.15) is 0 Å². The van der Waals surface area contributed by atoms with Gasteiger partial charge in [0.2, 0.25) is 0 Å². The van der Waals surface area contributed by atoms with Crippen LogP contribution in [0.25, 0.3) is 0 Å². The second-order valence-corrected chi connectivity index (χ2v) is 6.38. The third-order valence-corrected chi connectivity index (χ3v) is 4.92. The molecular formula is C14H26N6. The van der Waals surface area contributed by atoms with Crippen LogP contribution in [-0.4, -0.2) is 44.2 Å². The van der Waals surface area contributed by atoms with Crippen molar-refractivity contribution in [3.63, 3.8) is 0 Å². The van der Waals surface area contributed by atoms with Gasteiger partial charge in [-0.3, -0.25) is 4.90 Å². The molecule has 0 aromatic carbocycles. The third kappa shape index (κ3) is 2.86. The molecule has 112 valence electrons. The number of aromatic nitrogens is 4. The Morgan fingerprint density at radius 2 is 2.20 bits per heavy atom. The Morgan fingerprint density at radius 3 is 3.00 bits per heavy atom. The van der Waals surface area contributed by atoms with E-state index in [0.717, 1.165) is 37.8 Å². The third-order valence-electron chi connectivity index (χ3n) is 4.92. The molecule has 2 N–H and O–H groups in total. The van der Waals surface area contributed by atoms with E-state index in [1.165, 1.54) is 32.2 Å². The Kier molecular flexibility index (Phi) is 4.31. The Bertz CT molecular complexity index is 431. The van der Waals surface area contributed by atoms with Crippen molar-refractivity contribution in [1.82, 2.24) is 25.1 Å². The summed E-state index contributed by atoms with van der Waals surface area (Å²) in [6.45, 7) is 6.28. The van der Waals surface area contributed by atoms with Gasteiger partial charge >= 0.3 is 0 Å². The molecule has 3 atom stereocenters. The highest BCUT2D eigenvalue weighted by atomic mass is 15.5. The summed E-state index contributed by atoms with van der Waals surface area (Å²) in [5, 5.41) is 12.1. The van der Waals surface area contributed by atoms with Crippen molar-refractivity contribution < 1.29 is 0 Å². The first-order chi connectivity index (χ1) is 9.78. The van der Waals surface area contributed by atoms with E-state index in [2.05, 4.69) is 27.3 Å². The number of aryl methyl sites for hydroxylation is 1. The van der Waals surface area contributed by atoms with E-state index in [4.69, 9.17) is 5.73 Å². The first-order valence-corrected chi connectivity index (χ1v) is 8.01. The van der Waals surface area contributed by atoms with Gasteiger partial charge in [-0.15, -0.1) is 5.10 Å². The fraction of sp³-hybridized carbons (Fsp3) is 0.929. The summed E-state index contributed by atoms with van der Waals surface area (Å²) in [6, 6.07) is 0.398. The maximum absolute atomic E-state index is 6.28. The smallest absolute Gasteiger partial charge is 0.165 e. The molecule has 1 saturated carbocycles. The van der Waals surface area contributed by atoms with Crippen molar-refractivity contribution in [2.45, 2.75) is 58.2 Å². The Balaban J connectivity index is 1.60. The van der Waals surface area contributed by atoms with Gasteiger partial charge in [-0.1, -0.05) is 19.8 Å². The fourth-order valence-electron chi connectivity index (χ4n) is 3.76. The molecule has 0 spiro atoms. The van der Waals surface area contributed by atoms with E-state index in [1.54, 1.807) is 0 Å². The lowest BCUT2D eigenvalue weighted by molar-refractivity contribution is 0.258. The van der Waals surface area contributed by atoms with Crippen LogP contribution in [0.1, 0.15) is 44.9 Å². The van der Waals surface area contributed by atoms with E-state index in [-0.39, 0.29) is 0 Å². The SMILES string of the molecule is CCCCn1nnnc1CN1CC2CCCC(N)C2C1. The van der Waals surface area contributed by atoms with Crippen molar-refractivity contribution >= 4 is 0 Å². The van der Waals surface area contributed by atoms with Crippen molar-refractivity contribution in [2.75, 3.05) is 13.1 Å². The van der Waals surface area contributed by atoms with Gasteiger partial charge in [0.15, 0.2) is 5.82 Å². The quantitative estimate of drug-likeness (QED) is 0.871. The topological polar surface area (TPSA) is 72.9 Å². The zero-order valence-corrected chi connectivity index (χ0v) is 12.4. The van der Waals surface area contributed by atoms with Gasteiger partial charge in [0.05, 0.1) is 6.54 Å². The minimum Gasteiger partial charge on any atom is -0.327 e. The van der Waals surface area contributed by atoms with Gasteiger partial charge in [-0.05, 0) is 41.5 Å². The second kappa shape index (κ2) is 6.18. The van der Waals surface area contributed by atoms with Gasteiger partial charge in [-0.2, -0.15) is 0 Å². The Hall–Kier alpha value is -1.01. The van der Waals surface area contributed by atoms with Crippen LogP contribution in [0, 0.1) is 11.8 Å². The lowest BCUT2D eigenvalue weighted by atomic mass is 9.78. The number of tetrazole rings is 1. The molecule has 3 rings (SSSR count). The normalized spacial score (nSPS) is 30.6. The predicted molar refractivity (Wildman–Crippen MR) is 76.8 cm³/mol. The van der Waals surface area contributed by atoms with Crippen LogP contribution >= 0.6 is 0 Å². The molecule has 1 aliphatic heterocycles. The molecule has 1 aliphatic carbocycles. The highest BCUT2D eigenvalue weighted by Gasteiger charge is 2.38. The summed E-state index contributed by atoms with van der Waals surface area (Å²) in [7, 11) is 0. The molecule has 20 heavy (non-hydrogen) atoms. The maximum Gasteiger partial charge on any atom is 0.165 e. The van der Waals surface area contributed by atoms with Crippen LogP contribution in [-0.2, 0) is 13.1 Å². The van der Waals surface area contributed by atoms with E-state index in [1.807, 2.05) is 4.68 Å². The summed E-state index contributed by atoms with van der Waals surface area (Å²) in [5.74, 6) is 2.48. The zero-order chi connectivity index (χ0) is 13.9. The Labute approximate surface area is 120 Å². The number of unbranched alkanes of at least 4 members (excludes halogenated alkanes) is 1.